The van der Waals surface area contributed by atoms with Crippen molar-refractivity contribution in [1.29, 1.82) is 0 Å². The maximum absolute atomic E-state index is 12.8. The highest BCUT2D eigenvalue weighted by molar-refractivity contribution is 7.98. The second-order valence-corrected chi connectivity index (χ2v) is 6.43. The number of carbonyl (C=O) groups excluding carboxylic acids is 1. The van der Waals surface area contributed by atoms with E-state index in [9.17, 15) is 4.79 Å². The lowest BCUT2D eigenvalue weighted by Crippen LogP contribution is -2.44. The van der Waals surface area contributed by atoms with Crippen molar-refractivity contribution < 1.29 is 9.53 Å². The van der Waals surface area contributed by atoms with E-state index in [1.807, 2.05) is 24.1 Å². The van der Waals surface area contributed by atoms with Gasteiger partial charge in [0.25, 0.3) is 5.91 Å². The molecule has 0 spiro atoms. The van der Waals surface area contributed by atoms with Crippen LogP contribution < -0.4 is 4.74 Å². The number of pyridine rings is 1. The number of thioether (sulfide) groups is 1. The number of rotatable bonds is 4. The third-order valence-electron chi connectivity index (χ3n) is 3.90. The van der Waals surface area contributed by atoms with Crippen LogP contribution in [0.15, 0.2) is 35.6 Å². The van der Waals surface area contributed by atoms with E-state index in [4.69, 9.17) is 4.74 Å². The van der Waals surface area contributed by atoms with Crippen molar-refractivity contribution in [3.8, 4) is 5.88 Å². The van der Waals surface area contributed by atoms with E-state index in [0.717, 1.165) is 24.4 Å². The van der Waals surface area contributed by atoms with Gasteiger partial charge in [-0.05, 0) is 38.2 Å². The summed E-state index contributed by atoms with van der Waals surface area (Å²) < 4.78 is 5.94. The molecule has 0 unspecified atom stereocenters. The molecule has 24 heavy (non-hydrogen) atoms. The highest BCUT2D eigenvalue weighted by Crippen LogP contribution is 2.22. The fourth-order valence-corrected chi connectivity index (χ4v) is 3.32. The minimum atomic E-state index is -0.0496. The van der Waals surface area contributed by atoms with Crippen LogP contribution in [-0.4, -0.2) is 51.2 Å². The summed E-state index contributed by atoms with van der Waals surface area (Å²) in [6, 6.07) is 5.38. The molecule has 2 aromatic rings. The Morgan fingerprint density at radius 1 is 1.33 bits per heavy atom. The van der Waals surface area contributed by atoms with E-state index < -0.39 is 0 Å². The van der Waals surface area contributed by atoms with Crippen molar-refractivity contribution >= 4 is 17.7 Å². The van der Waals surface area contributed by atoms with Crippen LogP contribution in [0.2, 0.25) is 0 Å². The molecule has 0 N–H and O–H groups in total. The van der Waals surface area contributed by atoms with Gasteiger partial charge in [0.1, 0.15) is 17.0 Å². The van der Waals surface area contributed by atoms with Crippen LogP contribution in [-0.2, 0) is 0 Å². The first-order valence-corrected chi connectivity index (χ1v) is 9.14. The monoisotopic (exact) mass is 344 g/mol. The number of carbonyl (C=O) groups is 1. The molecular formula is C17H20N4O2S. The van der Waals surface area contributed by atoms with Gasteiger partial charge in [0.2, 0.25) is 5.88 Å². The quantitative estimate of drug-likeness (QED) is 0.794. The van der Waals surface area contributed by atoms with Crippen molar-refractivity contribution in [2.24, 2.45) is 0 Å². The summed E-state index contributed by atoms with van der Waals surface area (Å²) in [5, 5.41) is 0.761. The maximum Gasteiger partial charge on any atom is 0.256 e. The molecule has 1 atom stereocenters. The van der Waals surface area contributed by atoms with Gasteiger partial charge in [-0.25, -0.2) is 9.97 Å². The van der Waals surface area contributed by atoms with E-state index in [2.05, 4.69) is 15.0 Å². The molecule has 0 aromatic carbocycles. The summed E-state index contributed by atoms with van der Waals surface area (Å²) in [6.07, 6.45) is 7.10. The minimum absolute atomic E-state index is 0.0135. The van der Waals surface area contributed by atoms with Gasteiger partial charge in [0.05, 0.1) is 12.1 Å². The first-order chi connectivity index (χ1) is 11.7. The third kappa shape index (κ3) is 3.84. The first-order valence-electron chi connectivity index (χ1n) is 7.92. The smallest absolute Gasteiger partial charge is 0.256 e. The van der Waals surface area contributed by atoms with E-state index >= 15 is 0 Å². The van der Waals surface area contributed by atoms with Crippen molar-refractivity contribution in [1.82, 2.24) is 19.9 Å². The summed E-state index contributed by atoms with van der Waals surface area (Å²) in [6.45, 7) is 3.13. The standard InChI is InChI=1S/C17H20N4O2S/c1-12-18-9-7-15(20-12)23-13-5-4-10-21(11-13)17(22)14-6-3-8-19-16(14)24-2/h3,6-9,13H,4-5,10-11H2,1-2H3/t13-/m1/s1. The van der Waals surface area contributed by atoms with Crippen LogP contribution in [0, 0.1) is 6.92 Å². The number of piperidine rings is 1. The molecule has 1 aliphatic heterocycles. The summed E-state index contributed by atoms with van der Waals surface area (Å²) in [7, 11) is 0. The Morgan fingerprint density at radius 2 is 2.21 bits per heavy atom. The SMILES string of the molecule is CSc1ncccc1C(=O)N1CCC[C@@H](Oc2ccnc(C)n2)C1. The van der Waals surface area contributed by atoms with Crippen LogP contribution >= 0.6 is 11.8 Å². The van der Waals surface area contributed by atoms with Gasteiger partial charge in [-0.1, -0.05) is 0 Å². The number of nitrogens with zero attached hydrogens (tertiary/aromatic N) is 4. The Morgan fingerprint density at radius 3 is 3.00 bits per heavy atom. The average Bonchev–Trinajstić information content (AvgIpc) is 2.61. The number of aromatic nitrogens is 3. The maximum atomic E-state index is 12.8. The van der Waals surface area contributed by atoms with Crippen molar-refractivity contribution in [3.05, 3.63) is 42.0 Å². The van der Waals surface area contributed by atoms with E-state index in [1.54, 1.807) is 24.5 Å². The third-order valence-corrected chi connectivity index (χ3v) is 4.61. The first kappa shape index (κ1) is 16.7. The fraction of sp³-hybridized carbons (Fsp3) is 0.412. The number of hydrogen-bond donors (Lipinski definition) is 0. The molecule has 126 valence electrons. The second-order valence-electron chi connectivity index (χ2n) is 5.64. The number of ether oxygens (including phenoxy) is 1. The zero-order chi connectivity index (χ0) is 16.9. The Hall–Kier alpha value is -2.15. The van der Waals surface area contributed by atoms with E-state index in [1.165, 1.54) is 11.8 Å². The second kappa shape index (κ2) is 7.61. The predicted octanol–water partition coefficient (Wildman–Crippen LogP) is 2.59. The number of amides is 1. The molecule has 0 saturated carbocycles. The normalized spacial score (nSPS) is 17.6. The van der Waals surface area contributed by atoms with Gasteiger partial charge in [-0.3, -0.25) is 4.79 Å². The van der Waals surface area contributed by atoms with Crippen molar-refractivity contribution in [3.63, 3.8) is 0 Å². The molecule has 3 rings (SSSR count). The van der Waals surface area contributed by atoms with Gasteiger partial charge in [-0.2, -0.15) is 4.98 Å². The van der Waals surface area contributed by atoms with Crippen molar-refractivity contribution in [2.75, 3.05) is 19.3 Å². The molecule has 0 aliphatic carbocycles. The van der Waals surface area contributed by atoms with Crippen LogP contribution in [0.1, 0.15) is 29.0 Å². The Balaban J connectivity index is 1.70. The topological polar surface area (TPSA) is 68.2 Å². The molecule has 1 saturated heterocycles. The largest absolute Gasteiger partial charge is 0.472 e. The molecule has 0 radical (unpaired) electrons. The molecule has 2 aromatic heterocycles. The Bertz CT molecular complexity index is 725. The highest BCUT2D eigenvalue weighted by Gasteiger charge is 2.27. The number of likely N-dealkylation sites (tertiary alicyclic amines) is 1. The zero-order valence-electron chi connectivity index (χ0n) is 13.8. The van der Waals surface area contributed by atoms with Gasteiger partial charge in [-0.15, -0.1) is 11.8 Å². The molecule has 1 amide bonds. The highest BCUT2D eigenvalue weighted by atomic mass is 32.2. The fourth-order valence-electron chi connectivity index (χ4n) is 2.78. The van der Waals surface area contributed by atoms with Crippen LogP contribution in [0.25, 0.3) is 0 Å². The lowest BCUT2D eigenvalue weighted by atomic mass is 10.1. The zero-order valence-corrected chi connectivity index (χ0v) is 14.6. The molecule has 1 aliphatic rings. The predicted molar refractivity (Wildman–Crippen MR) is 92.3 cm³/mol. The minimum Gasteiger partial charge on any atom is -0.472 e. The van der Waals surface area contributed by atoms with Crippen LogP contribution in [0.5, 0.6) is 5.88 Å². The van der Waals surface area contributed by atoms with Crippen LogP contribution in [0.4, 0.5) is 0 Å². The summed E-state index contributed by atoms with van der Waals surface area (Å²) in [5.41, 5.74) is 0.656. The number of hydrogen-bond acceptors (Lipinski definition) is 6. The van der Waals surface area contributed by atoms with Crippen LogP contribution in [0.3, 0.4) is 0 Å². The lowest BCUT2D eigenvalue weighted by molar-refractivity contribution is 0.0523. The lowest BCUT2D eigenvalue weighted by Gasteiger charge is -2.32. The molecule has 0 bridgehead atoms. The van der Waals surface area contributed by atoms with Gasteiger partial charge in [0, 0.05) is 25.0 Å². The van der Waals surface area contributed by atoms with E-state index in [-0.39, 0.29) is 12.0 Å². The summed E-state index contributed by atoms with van der Waals surface area (Å²) in [5.74, 6) is 1.25. The number of aryl methyl sites for hydroxylation is 1. The van der Waals surface area contributed by atoms with Gasteiger partial charge >= 0.3 is 0 Å². The Labute approximate surface area is 145 Å². The summed E-state index contributed by atoms with van der Waals surface area (Å²) >= 11 is 1.49. The average molecular weight is 344 g/mol. The summed E-state index contributed by atoms with van der Waals surface area (Å²) in [4.78, 5) is 27.3. The molecular weight excluding hydrogens is 324 g/mol. The molecule has 7 heteroatoms. The molecule has 1 fully saturated rings. The molecule has 6 nitrogen and oxygen atoms in total. The van der Waals surface area contributed by atoms with Gasteiger partial charge < -0.3 is 9.64 Å². The van der Waals surface area contributed by atoms with E-state index in [0.29, 0.717) is 23.8 Å². The Kier molecular flexibility index (Phi) is 5.30. The van der Waals surface area contributed by atoms with Gasteiger partial charge in [0.15, 0.2) is 0 Å². The van der Waals surface area contributed by atoms with Crippen molar-refractivity contribution in [2.45, 2.75) is 30.9 Å². The molecule has 3 heterocycles.